The predicted molar refractivity (Wildman–Crippen MR) is 104 cm³/mol. The topological polar surface area (TPSA) is 63.4 Å². The maximum atomic E-state index is 13.9. The zero-order chi connectivity index (χ0) is 20.5. The number of halogens is 2. The van der Waals surface area contributed by atoms with E-state index < -0.39 is 11.6 Å². The van der Waals surface area contributed by atoms with E-state index >= 15 is 0 Å². The van der Waals surface area contributed by atoms with Gasteiger partial charge in [0.2, 0.25) is 5.82 Å². The lowest BCUT2D eigenvalue weighted by Gasteiger charge is -2.32. The Kier molecular flexibility index (Phi) is 5.25. The van der Waals surface area contributed by atoms with E-state index in [1.165, 1.54) is 18.2 Å². The fraction of sp³-hybridized carbons (Fsp3) is 0.429. The monoisotopic (exact) mass is 399 g/mol. The van der Waals surface area contributed by atoms with Crippen molar-refractivity contribution < 1.29 is 13.6 Å². The molecule has 0 saturated carbocycles. The minimum atomic E-state index is -0.512. The highest BCUT2D eigenvalue weighted by atomic mass is 19.1. The molecule has 0 spiro atoms. The van der Waals surface area contributed by atoms with Gasteiger partial charge < -0.3 is 4.90 Å². The SMILES string of the molecule is Cc1cc(C)n2c(C(=O)N3CCC[C@@H](CCc4c(F)cccc4F)C3)nnc2n1. The summed E-state index contributed by atoms with van der Waals surface area (Å²) in [5, 5.41) is 8.12. The summed E-state index contributed by atoms with van der Waals surface area (Å²) in [6.07, 6.45) is 2.73. The summed E-state index contributed by atoms with van der Waals surface area (Å²) < 4.78 is 29.4. The zero-order valence-electron chi connectivity index (χ0n) is 16.5. The van der Waals surface area contributed by atoms with Crippen LogP contribution in [0.1, 0.15) is 46.8 Å². The number of rotatable bonds is 4. The van der Waals surface area contributed by atoms with Crippen molar-refractivity contribution in [3.63, 3.8) is 0 Å². The first-order valence-corrected chi connectivity index (χ1v) is 9.85. The summed E-state index contributed by atoms with van der Waals surface area (Å²) in [5.74, 6) is -0.357. The molecule has 3 aromatic rings. The van der Waals surface area contributed by atoms with Crippen LogP contribution < -0.4 is 0 Å². The zero-order valence-corrected chi connectivity index (χ0v) is 16.5. The number of hydrogen-bond donors (Lipinski definition) is 0. The average Bonchev–Trinajstić information content (AvgIpc) is 3.11. The van der Waals surface area contributed by atoms with Crippen molar-refractivity contribution in [1.29, 1.82) is 0 Å². The molecule has 0 radical (unpaired) electrons. The minimum absolute atomic E-state index is 0.122. The van der Waals surface area contributed by atoms with Crippen LogP contribution in [0, 0.1) is 31.4 Å². The number of hydrogen-bond acceptors (Lipinski definition) is 4. The number of amides is 1. The van der Waals surface area contributed by atoms with E-state index in [1.54, 1.807) is 9.30 Å². The molecule has 152 valence electrons. The minimum Gasteiger partial charge on any atom is -0.336 e. The van der Waals surface area contributed by atoms with Crippen molar-refractivity contribution in [3.05, 3.63) is 58.7 Å². The molecule has 1 amide bonds. The van der Waals surface area contributed by atoms with Crippen LogP contribution in [0.5, 0.6) is 0 Å². The lowest BCUT2D eigenvalue weighted by molar-refractivity contribution is 0.0654. The molecule has 0 N–H and O–H groups in total. The summed E-state index contributed by atoms with van der Waals surface area (Å²) >= 11 is 0. The molecule has 1 saturated heterocycles. The van der Waals surface area contributed by atoms with Crippen molar-refractivity contribution in [2.45, 2.75) is 39.5 Å². The number of carbonyl (C=O) groups is 1. The highest BCUT2D eigenvalue weighted by Crippen LogP contribution is 2.24. The van der Waals surface area contributed by atoms with E-state index in [0.29, 0.717) is 31.7 Å². The second-order valence-corrected chi connectivity index (χ2v) is 7.70. The number of likely N-dealkylation sites (tertiary alicyclic amines) is 1. The number of carbonyl (C=O) groups excluding carboxylic acids is 1. The van der Waals surface area contributed by atoms with Crippen LogP contribution in [0.15, 0.2) is 24.3 Å². The van der Waals surface area contributed by atoms with Gasteiger partial charge in [0.15, 0.2) is 0 Å². The van der Waals surface area contributed by atoms with Crippen molar-refractivity contribution in [2.75, 3.05) is 13.1 Å². The molecule has 1 aliphatic heterocycles. The lowest BCUT2D eigenvalue weighted by atomic mass is 9.91. The number of nitrogens with zero attached hydrogens (tertiary/aromatic N) is 5. The molecular formula is C21H23F2N5O. The standard InChI is InChI=1S/C21H23F2N5O/c1-13-11-14(2)28-19(25-26-21(28)24-13)20(29)27-10-4-5-15(12-27)8-9-16-17(22)6-3-7-18(16)23/h3,6-7,11,15H,4-5,8-10,12H2,1-2H3/t15-/m0/s1. The van der Waals surface area contributed by atoms with Gasteiger partial charge in [0.1, 0.15) is 11.6 Å². The summed E-state index contributed by atoms with van der Waals surface area (Å²) in [6.45, 7) is 4.94. The van der Waals surface area contributed by atoms with Crippen LogP contribution in [0.3, 0.4) is 0 Å². The number of aromatic nitrogens is 4. The lowest BCUT2D eigenvalue weighted by Crippen LogP contribution is -2.41. The Morgan fingerprint density at radius 3 is 2.72 bits per heavy atom. The molecule has 0 unspecified atom stereocenters. The van der Waals surface area contributed by atoms with Gasteiger partial charge in [0, 0.05) is 30.0 Å². The van der Waals surface area contributed by atoms with E-state index in [1.807, 2.05) is 19.9 Å². The Morgan fingerprint density at radius 1 is 1.21 bits per heavy atom. The van der Waals surface area contributed by atoms with Crippen LogP contribution in [0.2, 0.25) is 0 Å². The Labute approximate surface area is 167 Å². The van der Waals surface area contributed by atoms with Crippen molar-refractivity contribution in [1.82, 2.24) is 24.5 Å². The number of benzene rings is 1. The van der Waals surface area contributed by atoms with Gasteiger partial charge in [0.25, 0.3) is 11.7 Å². The van der Waals surface area contributed by atoms with Crippen molar-refractivity contribution >= 4 is 11.7 Å². The Balaban J connectivity index is 1.48. The summed E-state index contributed by atoms with van der Waals surface area (Å²) in [6, 6.07) is 5.82. The molecule has 1 aliphatic rings. The van der Waals surface area contributed by atoms with Gasteiger partial charge >= 0.3 is 0 Å². The Morgan fingerprint density at radius 2 is 1.97 bits per heavy atom. The van der Waals surface area contributed by atoms with Crippen molar-refractivity contribution in [3.8, 4) is 0 Å². The molecule has 1 atom stereocenters. The maximum Gasteiger partial charge on any atom is 0.292 e. The van der Waals surface area contributed by atoms with E-state index in [2.05, 4.69) is 15.2 Å². The van der Waals surface area contributed by atoms with Gasteiger partial charge in [-0.1, -0.05) is 6.07 Å². The molecule has 0 bridgehead atoms. The molecule has 8 heteroatoms. The fourth-order valence-electron chi connectivity index (χ4n) is 4.11. The average molecular weight is 399 g/mol. The van der Waals surface area contributed by atoms with Crippen LogP contribution in [0.25, 0.3) is 5.78 Å². The molecule has 3 heterocycles. The number of fused-ring (bicyclic) bond motifs is 1. The van der Waals surface area contributed by atoms with Crippen molar-refractivity contribution in [2.24, 2.45) is 5.92 Å². The normalized spacial score (nSPS) is 17.1. The van der Waals surface area contributed by atoms with E-state index in [9.17, 15) is 13.6 Å². The first-order valence-electron chi connectivity index (χ1n) is 9.85. The molecule has 0 aliphatic carbocycles. The highest BCUT2D eigenvalue weighted by Gasteiger charge is 2.28. The second kappa shape index (κ2) is 7.85. The number of piperidine rings is 1. The van der Waals surface area contributed by atoms with Gasteiger partial charge in [-0.3, -0.25) is 9.20 Å². The van der Waals surface area contributed by atoms with Gasteiger partial charge in [-0.05, 0) is 63.6 Å². The van der Waals surface area contributed by atoms with E-state index in [0.717, 1.165) is 24.2 Å². The van der Waals surface area contributed by atoms with Gasteiger partial charge in [-0.15, -0.1) is 10.2 Å². The third-order valence-electron chi connectivity index (χ3n) is 5.55. The van der Waals surface area contributed by atoms with Crippen LogP contribution in [-0.4, -0.2) is 43.5 Å². The highest BCUT2D eigenvalue weighted by molar-refractivity contribution is 5.91. The third-order valence-corrected chi connectivity index (χ3v) is 5.55. The molecule has 1 aromatic carbocycles. The van der Waals surface area contributed by atoms with Gasteiger partial charge in [-0.2, -0.15) is 0 Å². The number of aryl methyl sites for hydroxylation is 2. The van der Waals surface area contributed by atoms with Crippen LogP contribution >= 0.6 is 0 Å². The Hall–Kier alpha value is -2.90. The third kappa shape index (κ3) is 3.83. The van der Waals surface area contributed by atoms with E-state index in [-0.39, 0.29) is 23.2 Å². The van der Waals surface area contributed by atoms with Crippen LogP contribution in [-0.2, 0) is 6.42 Å². The van der Waals surface area contributed by atoms with E-state index in [4.69, 9.17) is 0 Å². The second-order valence-electron chi connectivity index (χ2n) is 7.70. The molecule has 1 fully saturated rings. The van der Waals surface area contributed by atoms with Gasteiger partial charge in [0.05, 0.1) is 0 Å². The first kappa shape index (κ1) is 19.4. The smallest absolute Gasteiger partial charge is 0.292 e. The molecule has 6 nitrogen and oxygen atoms in total. The molecule has 2 aromatic heterocycles. The Bertz CT molecular complexity index is 1040. The quantitative estimate of drug-likeness (QED) is 0.674. The summed E-state index contributed by atoms with van der Waals surface area (Å²) in [7, 11) is 0. The fourth-order valence-corrected chi connectivity index (χ4v) is 4.11. The first-order chi connectivity index (χ1) is 13.9. The maximum absolute atomic E-state index is 13.9. The van der Waals surface area contributed by atoms with Gasteiger partial charge in [-0.25, -0.2) is 13.8 Å². The largest absolute Gasteiger partial charge is 0.336 e. The van der Waals surface area contributed by atoms with Crippen LogP contribution in [0.4, 0.5) is 8.78 Å². The molecule has 4 rings (SSSR count). The summed E-state index contributed by atoms with van der Waals surface area (Å²) in [4.78, 5) is 19.2. The molecular weight excluding hydrogens is 376 g/mol. The summed E-state index contributed by atoms with van der Waals surface area (Å²) in [5.41, 5.74) is 1.79. The predicted octanol–water partition coefficient (Wildman–Crippen LogP) is 3.50. The molecule has 29 heavy (non-hydrogen) atoms.